The first-order chi connectivity index (χ1) is 8.16. The maximum absolute atomic E-state index is 11.5. The lowest BCUT2D eigenvalue weighted by Crippen LogP contribution is -2.51. The maximum Gasteiger partial charge on any atom is 0.225 e. The first-order valence-corrected chi connectivity index (χ1v) is 5.96. The second kappa shape index (κ2) is 6.95. The van der Waals surface area contributed by atoms with Crippen molar-refractivity contribution in [2.24, 2.45) is 5.92 Å². The summed E-state index contributed by atoms with van der Waals surface area (Å²) in [6.07, 6.45) is -0.691. The smallest absolute Gasteiger partial charge is 0.225 e. The highest BCUT2D eigenvalue weighted by atomic mass is 35.5. The third kappa shape index (κ3) is 3.85. The number of nitrogens with one attached hydrogen (secondary N) is 2. The molecule has 0 saturated carbocycles. The van der Waals surface area contributed by atoms with Crippen molar-refractivity contribution in [1.29, 1.82) is 0 Å². The molecule has 3 N–H and O–H groups in total. The standard InChI is InChI=1S/C12H15ClN2O2.ClH/c13-10-3-1-8(2-4-10)11(16)7-15-12(17)9-5-14-6-9;/h1-4,9,11,14,16H,5-7H2,(H,15,17);1H. The first-order valence-electron chi connectivity index (χ1n) is 5.59. The largest absolute Gasteiger partial charge is 0.387 e. The van der Waals surface area contributed by atoms with E-state index >= 15 is 0 Å². The molecule has 1 aliphatic rings. The van der Waals surface area contributed by atoms with Gasteiger partial charge in [-0.1, -0.05) is 23.7 Å². The molecule has 1 heterocycles. The summed E-state index contributed by atoms with van der Waals surface area (Å²) >= 11 is 5.75. The minimum Gasteiger partial charge on any atom is -0.387 e. The Morgan fingerprint density at radius 3 is 2.56 bits per heavy atom. The summed E-state index contributed by atoms with van der Waals surface area (Å²) in [7, 11) is 0. The highest BCUT2D eigenvalue weighted by molar-refractivity contribution is 6.30. The average Bonchev–Trinajstić information content (AvgIpc) is 2.24. The van der Waals surface area contributed by atoms with Crippen LogP contribution >= 0.6 is 24.0 Å². The van der Waals surface area contributed by atoms with Gasteiger partial charge in [0.1, 0.15) is 0 Å². The summed E-state index contributed by atoms with van der Waals surface area (Å²) in [5, 5.41) is 16.3. The van der Waals surface area contributed by atoms with Gasteiger partial charge in [-0.25, -0.2) is 0 Å². The Kier molecular flexibility index (Phi) is 5.88. The Balaban J connectivity index is 0.00000162. The topological polar surface area (TPSA) is 61.4 Å². The van der Waals surface area contributed by atoms with E-state index in [2.05, 4.69) is 10.6 Å². The lowest BCUT2D eigenvalue weighted by molar-refractivity contribution is -0.126. The number of carbonyl (C=O) groups excluding carboxylic acids is 1. The van der Waals surface area contributed by atoms with Crippen molar-refractivity contribution in [1.82, 2.24) is 10.6 Å². The molecule has 0 bridgehead atoms. The molecule has 0 radical (unpaired) electrons. The van der Waals surface area contributed by atoms with Crippen molar-refractivity contribution in [2.45, 2.75) is 6.10 Å². The van der Waals surface area contributed by atoms with Gasteiger partial charge in [0.05, 0.1) is 12.0 Å². The molecule has 100 valence electrons. The normalized spacial score (nSPS) is 16.3. The second-order valence-electron chi connectivity index (χ2n) is 4.17. The number of aliphatic hydroxyl groups is 1. The molecule has 6 heteroatoms. The van der Waals surface area contributed by atoms with Crippen LogP contribution in [0, 0.1) is 5.92 Å². The number of hydrogen-bond donors (Lipinski definition) is 3. The molecule has 1 amide bonds. The van der Waals surface area contributed by atoms with E-state index in [0.29, 0.717) is 5.02 Å². The van der Waals surface area contributed by atoms with Gasteiger partial charge in [0, 0.05) is 24.7 Å². The first kappa shape index (κ1) is 15.2. The van der Waals surface area contributed by atoms with Crippen LogP contribution in [0.25, 0.3) is 0 Å². The minimum absolute atomic E-state index is 0. The molecule has 1 fully saturated rings. The van der Waals surface area contributed by atoms with Gasteiger partial charge in [0.15, 0.2) is 0 Å². The summed E-state index contributed by atoms with van der Waals surface area (Å²) in [6.45, 7) is 1.68. The molecule has 1 aliphatic heterocycles. The fraction of sp³-hybridized carbons (Fsp3) is 0.417. The van der Waals surface area contributed by atoms with Crippen molar-refractivity contribution in [3.8, 4) is 0 Å². The van der Waals surface area contributed by atoms with Gasteiger partial charge in [-0.15, -0.1) is 12.4 Å². The third-order valence-corrected chi connectivity index (χ3v) is 3.13. The van der Waals surface area contributed by atoms with Crippen LogP contribution in [-0.2, 0) is 4.79 Å². The van der Waals surface area contributed by atoms with Gasteiger partial charge in [-0.2, -0.15) is 0 Å². The molecule has 1 aromatic rings. The van der Waals surface area contributed by atoms with E-state index in [1.807, 2.05) is 0 Å². The second-order valence-corrected chi connectivity index (χ2v) is 4.60. The molecule has 1 atom stereocenters. The zero-order valence-corrected chi connectivity index (χ0v) is 11.3. The van der Waals surface area contributed by atoms with E-state index in [0.717, 1.165) is 18.7 Å². The highest BCUT2D eigenvalue weighted by Gasteiger charge is 2.24. The van der Waals surface area contributed by atoms with Gasteiger partial charge in [0.25, 0.3) is 0 Å². The van der Waals surface area contributed by atoms with Crippen LogP contribution < -0.4 is 10.6 Å². The number of benzene rings is 1. The van der Waals surface area contributed by atoms with Crippen LogP contribution in [0.5, 0.6) is 0 Å². The zero-order chi connectivity index (χ0) is 12.3. The highest BCUT2D eigenvalue weighted by Crippen LogP contribution is 2.15. The summed E-state index contributed by atoms with van der Waals surface area (Å²) < 4.78 is 0. The van der Waals surface area contributed by atoms with E-state index in [1.165, 1.54) is 0 Å². The Labute approximate surface area is 117 Å². The summed E-state index contributed by atoms with van der Waals surface area (Å²) in [5.74, 6) is 0.0455. The summed E-state index contributed by atoms with van der Waals surface area (Å²) in [6, 6.07) is 6.95. The molecule has 0 aliphatic carbocycles. The molecule has 0 aromatic heterocycles. The number of aliphatic hydroxyl groups excluding tert-OH is 1. The fourth-order valence-corrected chi connectivity index (χ4v) is 1.74. The van der Waals surface area contributed by atoms with Gasteiger partial charge in [-0.3, -0.25) is 4.79 Å². The third-order valence-electron chi connectivity index (χ3n) is 2.88. The van der Waals surface area contributed by atoms with Crippen LogP contribution in [0.1, 0.15) is 11.7 Å². The summed E-state index contributed by atoms with van der Waals surface area (Å²) in [5.41, 5.74) is 0.751. The molecule has 1 aromatic carbocycles. The lowest BCUT2D eigenvalue weighted by atomic mass is 10.0. The average molecular weight is 291 g/mol. The number of amides is 1. The van der Waals surface area contributed by atoms with Crippen molar-refractivity contribution in [3.05, 3.63) is 34.9 Å². The number of halogens is 2. The van der Waals surface area contributed by atoms with Gasteiger partial charge < -0.3 is 15.7 Å². The Morgan fingerprint density at radius 2 is 2.06 bits per heavy atom. The number of carbonyl (C=O) groups is 1. The number of hydrogen-bond acceptors (Lipinski definition) is 3. The van der Waals surface area contributed by atoms with E-state index in [-0.39, 0.29) is 30.8 Å². The summed E-state index contributed by atoms with van der Waals surface area (Å²) in [4.78, 5) is 11.5. The van der Waals surface area contributed by atoms with Crippen molar-refractivity contribution < 1.29 is 9.90 Å². The van der Waals surface area contributed by atoms with Gasteiger partial charge >= 0.3 is 0 Å². The van der Waals surface area contributed by atoms with Crippen molar-refractivity contribution in [2.75, 3.05) is 19.6 Å². The van der Waals surface area contributed by atoms with Gasteiger partial charge in [0.2, 0.25) is 5.91 Å². The van der Waals surface area contributed by atoms with Crippen molar-refractivity contribution >= 4 is 29.9 Å². The van der Waals surface area contributed by atoms with E-state index in [1.54, 1.807) is 24.3 Å². The van der Waals surface area contributed by atoms with E-state index < -0.39 is 6.10 Å². The predicted octanol–water partition coefficient (Wildman–Crippen LogP) is 1.13. The minimum atomic E-state index is -0.691. The van der Waals surface area contributed by atoms with Crippen LogP contribution in [0.15, 0.2) is 24.3 Å². The molecular weight excluding hydrogens is 275 g/mol. The molecule has 2 rings (SSSR count). The van der Waals surface area contributed by atoms with Crippen molar-refractivity contribution in [3.63, 3.8) is 0 Å². The predicted molar refractivity (Wildman–Crippen MR) is 73.0 cm³/mol. The SMILES string of the molecule is Cl.O=C(NCC(O)c1ccc(Cl)cc1)C1CNC1. The molecule has 18 heavy (non-hydrogen) atoms. The molecular formula is C12H16Cl2N2O2. The van der Waals surface area contributed by atoms with Crippen LogP contribution in [0.2, 0.25) is 5.02 Å². The zero-order valence-electron chi connectivity index (χ0n) is 9.73. The Morgan fingerprint density at radius 1 is 1.44 bits per heavy atom. The fourth-order valence-electron chi connectivity index (χ4n) is 1.62. The Hall–Kier alpha value is -0.810. The number of rotatable bonds is 4. The van der Waals surface area contributed by atoms with Gasteiger partial charge in [-0.05, 0) is 17.7 Å². The molecule has 1 unspecified atom stereocenters. The van der Waals surface area contributed by atoms with Crippen LogP contribution in [0.4, 0.5) is 0 Å². The maximum atomic E-state index is 11.5. The van der Waals surface area contributed by atoms with E-state index in [9.17, 15) is 9.90 Å². The molecule has 1 saturated heterocycles. The quantitative estimate of drug-likeness (QED) is 0.779. The van der Waals surface area contributed by atoms with Crippen LogP contribution in [-0.4, -0.2) is 30.6 Å². The molecule has 4 nitrogen and oxygen atoms in total. The van der Waals surface area contributed by atoms with E-state index in [4.69, 9.17) is 11.6 Å². The van der Waals surface area contributed by atoms with Crippen LogP contribution in [0.3, 0.4) is 0 Å². The monoisotopic (exact) mass is 290 g/mol. The molecule has 0 spiro atoms. The lowest BCUT2D eigenvalue weighted by Gasteiger charge is -2.26. The Bertz CT molecular complexity index is 394.